The molecule has 2 rings (SSSR count). The summed E-state index contributed by atoms with van der Waals surface area (Å²) >= 11 is 5.68. The number of aliphatic hydroxyl groups is 1. The lowest BCUT2D eigenvalue weighted by Crippen LogP contribution is -2.34. The van der Waals surface area contributed by atoms with Crippen LogP contribution in [0.5, 0.6) is 0 Å². The first kappa shape index (κ1) is 11.9. The molecule has 0 aliphatic heterocycles. The van der Waals surface area contributed by atoms with E-state index >= 15 is 0 Å². The highest BCUT2D eigenvalue weighted by molar-refractivity contribution is 7.92. The molecule has 1 aromatic rings. The number of halogens is 1. The van der Waals surface area contributed by atoms with Crippen LogP contribution in [0.25, 0.3) is 0 Å². The van der Waals surface area contributed by atoms with Crippen molar-refractivity contribution in [1.29, 1.82) is 0 Å². The highest BCUT2D eigenvalue weighted by Crippen LogP contribution is 2.42. The van der Waals surface area contributed by atoms with Gasteiger partial charge in [0.05, 0.1) is 22.3 Å². The van der Waals surface area contributed by atoms with Crippen LogP contribution < -0.4 is 5.73 Å². The molecule has 88 valence electrons. The van der Waals surface area contributed by atoms with Crippen molar-refractivity contribution in [3.8, 4) is 0 Å². The fraction of sp³-hybridized carbons (Fsp3) is 0.400. The summed E-state index contributed by atoms with van der Waals surface area (Å²) in [5.41, 5.74) is 4.71. The van der Waals surface area contributed by atoms with Crippen LogP contribution in [0.3, 0.4) is 0 Å². The number of sulfone groups is 1. The Hall–Kier alpha value is -0.620. The molecule has 3 N–H and O–H groups in total. The van der Waals surface area contributed by atoms with Crippen LogP contribution in [0, 0.1) is 0 Å². The van der Waals surface area contributed by atoms with Crippen LogP contribution >= 0.6 is 11.6 Å². The predicted octanol–water partition coefficient (Wildman–Crippen LogP) is 0.576. The summed E-state index contributed by atoms with van der Waals surface area (Å²) in [5.74, 6) is 0. The second-order valence-electron chi connectivity index (χ2n) is 4.08. The Kier molecular flexibility index (Phi) is 2.74. The zero-order valence-electron chi connectivity index (χ0n) is 8.43. The van der Waals surface area contributed by atoms with Crippen LogP contribution in [-0.2, 0) is 9.84 Å². The van der Waals surface area contributed by atoms with E-state index in [1.165, 1.54) is 24.3 Å². The third-order valence-electron chi connectivity index (χ3n) is 2.86. The molecule has 4 nitrogen and oxygen atoms in total. The van der Waals surface area contributed by atoms with Crippen molar-refractivity contribution < 1.29 is 13.5 Å². The van der Waals surface area contributed by atoms with Crippen molar-refractivity contribution in [3.63, 3.8) is 0 Å². The lowest BCUT2D eigenvalue weighted by atomic mass is 10.3. The van der Waals surface area contributed by atoms with Crippen molar-refractivity contribution in [2.75, 3.05) is 6.61 Å². The Bertz CT molecular complexity index is 499. The Balaban J connectivity index is 2.31. The molecule has 0 bridgehead atoms. The second kappa shape index (κ2) is 3.70. The molecule has 16 heavy (non-hydrogen) atoms. The van der Waals surface area contributed by atoms with Crippen molar-refractivity contribution in [3.05, 3.63) is 29.3 Å². The van der Waals surface area contributed by atoms with E-state index in [0.717, 1.165) is 0 Å². The van der Waals surface area contributed by atoms with E-state index in [9.17, 15) is 8.42 Å². The average Bonchev–Trinajstić information content (AvgIpc) is 2.93. The van der Waals surface area contributed by atoms with E-state index in [-0.39, 0.29) is 11.5 Å². The first-order valence-corrected chi connectivity index (χ1v) is 6.72. The van der Waals surface area contributed by atoms with Gasteiger partial charge in [-0.2, -0.15) is 0 Å². The van der Waals surface area contributed by atoms with E-state index in [1.54, 1.807) is 0 Å². The smallest absolute Gasteiger partial charge is 0.183 e. The maximum atomic E-state index is 12.0. The molecule has 1 fully saturated rings. The predicted molar refractivity (Wildman–Crippen MR) is 61.0 cm³/mol. The van der Waals surface area contributed by atoms with Crippen LogP contribution in [0.2, 0.25) is 5.02 Å². The Morgan fingerprint density at radius 3 is 2.44 bits per heavy atom. The van der Waals surface area contributed by atoms with Gasteiger partial charge in [0, 0.05) is 5.02 Å². The first-order valence-electron chi connectivity index (χ1n) is 4.79. The van der Waals surface area contributed by atoms with Gasteiger partial charge in [-0.15, -0.1) is 0 Å². The molecule has 0 saturated heterocycles. The topological polar surface area (TPSA) is 80.4 Å². The third-order valence-corrected chi connectivity index (χ3v) is 5.42. The van der Waals surface area contributed by atoms with E-state index in [0.29, 0.717) is 11.4 Å². The molecule has 1 saturated carbocycles. The van der Waals surface area contributed by atoms with Crippen LogP contribution in [-0.4, -0.2) is 30.9 Å². The molecule has 1 aliphatic carbocycles. The van der Waals surface area contributed by atoms with Crippen molar-refractivity contribution >= 4 is 21.4 Å². The fourth-order valence-corrected chi connectivity index (χ4v) is 3.85. The van der Waals surface area contributed by atoms with Crippen LogP contribution in [0.4, 0.5) is 0 Å². The maximum Gasteiger partial charge on any atom is 0.183 e. The van der Waals surface area contributed by atoms with Gasteiger partial charge in [0.25, 0.3) is 0 Å². The van der Waals surface area contributed by atoms with Gasteiger partial charge in [0.15, 0.2) is 9.84 Å². The lowest BCUT2D eigenvalue weighted by Gasteiger charge is -2.08. The summed E-state index contributed by atoms with van der Waals surface area (Å²) < 4.78 is 24.1. The summed E-state index contributed by atoms with van der Waals surface area (Å²) in [6, 6.07) is 5.95. The third kappa shape index (κ3) is 1.84. The summed E-state index contributed by atoms with van der Waals surface area (Å²) in [6.07, 6.45) is 0.300. The zero-order chi connectivity index (χ0) is 12.0. The van der Waals surface area contributed by atoms with E-state index in [4.69, 9.17) is 22.4 Å². The maximum absolute atomic E-state index is 12.0. The molecule has 0 heterocycles. The minimum absolute atomic E-state index is 0.197. The highest BCUT2D eigenvalue weighted by Gasteiger charge is 2.58. The fourth-order valence-electron chi connectivity index (χ4n) is 1.66. The molecule has 0 aromatic heterocycles. The number of hydrogen-bond acceptors (Lipinski definition) is 4. The van der Waals surface area contributed by atoms with E-state index in [2.05, 4.69) is 0 Å². The Morgan fingerprint density at radius 2 is 2.00 bits per heavy atom. The van der Waals surface area contributed by atoms with Gasteiger partial charge in [-0.1, -0.05) is 11.6 Å². The molecular weight excluding hydrogens is 250 g/mol. The molecule has 0 radical (unpaired) electrons. The molecule has 0 unspecified atom stereocenters. The number of aliphatic hydroxyl groups excluding tert-OH is 1. The molecule has 6 heteroatoms. The van der Waals surface area contributed by atoms with Gasteiger partial charge in [-0.05, 0) is 30.7 Å². The van der Waals surface area contributed by atoms with Crippen molar-refractivity contribution in [2.24, 2.45) is 5.73 Å². The van der Waals surface area contributed by atoms with Gasteiger partial charge in [-0.3, -0.25) is 0 Å². The van der Waals surface area contributed by atoms with Gasteiger partial charge in [0.2, 0.25) is 0 Å². The second-order valence-corrected chi connectivity index (χ2v) is 6.65. The Labute approximate surface area is 98.9 Å². The number of rotatable bonds is 3. The number of hydrogen-bond donors (Lipinski definition) is 2. The van der Waals surface area contributed by atoms with Gasteiger partial charge in [-0.25, -0.2) is 8.42 Å². The zero-order valence-corrected chi connectivity index (χ0v) is 10.0. The Morgan fingerprint density at radius 1 is 1.44 bits per heavy atom. The van der Waals surface area contributed by atoms with E-state index in [1.807, 2.05) is 0 Å². The van der Waals surface area contributed by atoms with Gasteiger partial charge >= 0.3 is 0 Å². The molecule has 1 aromatic carbocycles. The van der Waals surface area contributed by atoms with Crippen LogP contribution in [0.1, 0.15) is 6.42 Å². The molecule has 2 atom stereocenters. The van der Waals surface area contributed by atoms with Gasteiger partial charge < -0.3 is 10.8 Å². The molecule has 0 amide bonds. The largest absolute Gasteiger partial charge is 0.394 e. The first-order chi connectivity index (χ1) is 7.40. The van der Waals surface area contributed by atoms with Crippen molar-refractivity contribution in [1.82, 2.24) is 0 Å². The standard InChI is InChI=1S/C10H12ClNO3S/c11-7-1-3-8(4-2-7)16(14,15)9-5-10(9,12)6-13/h1-4,9,13H,5-6,12H2/t9-,10+/m0/s1. The van der Waals surface area contributed by atoms with E-state index < -0.39 is 20.6 Å². The monoisotopic (exact) mass is 261 g/mol. The normalized spacial score (nSPS) is 29.1. The highest BCUT2D eigenvalue weighted by atomic mass is 35.5. The summed E-state index contributed by atoms with van der Waals surface area (Å²) in [5, 5.41) is 8.77. The van der Waals surface area contributed by atoms with Crippen molar-refractivity contribution in [2.45, 2.75) is 22.1 Å². The number of nitrogens with two attached hydrogens (primary N) is 1. The molecule has 1 aliphatic rings. The molecular formula is C10H12ClNO3S. The minimum atomic E-state index is -3.45. The van der Waals surface area contributed by atoms with Gasteiger partial charge in [0.1, 0.15) is 0 Å². The lowest BCUT2D eigenvalue weighted by molar-refractivity contribution is 0.257. The van der Waals surface area contributed by atoms with Crippen LogP contribution in [0.15, 0.2) is 29.2 Å². The summed E-state index contributed by atoms with van der Waals surface area (Å²) in [4.78, 5) is 0.197. The minimum Gasteiger partial charge on any atom is -0.394 e. The summed E-state index contributed by atoms with van der Waals surface area (Å²) in [6.45, 7) is -0.315. The number of benzene rings is 1. The average molecular weight is 262 g/mol. The summed E-state index contributed by atoms with van der Waals surface area (Å²) in [7, 11) is -3.45. The molecule has 0 spiro atoms. The SMILES string of the molecule is N[C@@]1(CO)C[C@@H]1S(=O)(=O)c1ccc(Cl)cc1. The quantitative estimate of drug-likeness (QED) is 0.834.